The van der Waals surface area contributed by atoms with Crippen molar-refractivity contribution in [1.29, 1.82) is 0 Å². The highest BCUT2D eigenvalue weighted by Gasteiger charge is 2.23. The summed E-state index contributed by atoms with van der Waals surface area (Å²) in [5.41, 5.74) is 0.414. The van der Waals surface area contributed by atoms with Crippen LogP contribution in [0.1, 0.15) is 20.3 Å². The van der Waals surface area contributed by atoms with Crippen molar-refractivity contribution in [2.45, 2.75) is 20.3 Å². The minimum absolute atomic E-state index is 0.287. The van der Waals surface area contributed by atoms with Crippen molar-refractivity contribution in [2.75, 3.05) is 38.1 Å². The number of nitrogens with one attached hydrogen (secondary N) is 1. The molecule has 7 heteroatoms. The molecule has 0 atom stereocenters. The zero-order valence-corrected chi connectivity index (χ0v) is 14.1. The summed E-state index contributed by atoms with van der Waals surface area (Å²) in [4.78, 5) is 27.5. The second-order valence-electron chi connectivity index (χ2n) is 6.24. The maximum atomic E-state index is 13.2. The summed E-state index contributed by atoms with van der Waals surface area (Å²) >= 11 is 0. The van der Waals surface area contributed by atoms with Crippen LogP contribution in [0.5, 0.6) is 0 Å². The second-order valence-corrected chi connectivity index (χ2v) is 6.24. The van der Waals surface area contributed by atoms with Crippen molar-refractivity contribution in [3.63, 3.8) is 0 Å². The van der Waals surface area contributed by atoms with Gasteiger partial charge in [0.05, 0.1) is 6.61 Å². The lowest BCUT2D eigenvalue weighted by molar-refractivity contribution is 0.0934. The number of hydrogen-bond acceptors (Lipinski definition) is 3. The van der Waals surface area contributed by atoms with Crippen molar-refractivity contribution in [1.82, 2.24) is 9.80 Å². The van der Waals surface area contributed by atoms with E-state index in [1.54, 1.807) is 21.9 Å². The van der Waals surface area contributed by atoms with Gasteiger partial charge in [-0.05, 0) is 30.5 Å². The van der Waals surface area contributed by atoms with Crippen LogP contribution in [0.3, 0.4) is 0 Å². The Hall–Kier alpha value is -2.31. The van der Waals surface area contributed by atoms with Crippen LogP contribution in [0.25, 0.3) is 0 Å². The number of anilines is 1. The summed E-state index contributed by atoms with van der Waals surface area (Å²) in [6, 6.07) is 5.47. The topological polar surface area (TPSA) is 61.9 Å². The van der Waals surface area contributed by atoms with Gasteiger partial charge < -0.3 is 19.9 Å². The van der Waals surface area contributed by atoms with Crippen LogP contribution >= 0.6 is 0 Å². The molecule has 0 aromatic heterocycles. The van der Waals surface area contributed by atoms with Gasteiger partial charge in [0.2, 0.25) is 0 Å². The molecule has 2 rings (SSSR count). The number of urea groups is 1. The Labute approximate surface area is 141 Å². The lowest BCUT2D eigenvalue weighted by Gasteiger charge is -2.22. The molecule has 132 valence electrons. The molecule has 24 heavy (non-hydrogen) atoms. The van der Waals surface area contributed by atoms with Crippen molar-refractivity contribution in [3.05, 3.63) is 30.1 Å². The van der Waals surface area contributed by atoms with Gasteiger partial charge in [-0.1, -0.05) is 19.9 Å². The average Bonchev–Trinajstić information content (AvgIpc) is 2.78. The van der Waals surface area contributed by atoms with Crippen molar-refractivity contribution in [3.8, 4) is 0 Å². The van der Waals surface area contributed by atoms with Crippen LogP contribution in [0, 0.1) is 11.7 Å². The van der Waals surface area contributed by atoms with Gasteiger partial charge in [0.15, 0.2) is 0 Å². The van der Waals surface area contributed by atoms with Gasteiger partial charge in [-0.25, -0.2) is 14.0 Å². The molecule has 1 saturated heterocycles. The van der Waals surface area contributed by atoms with Gasteiger partial charge >= 0.3 is 12.1 Å². The molecule has 0 unspecified atom stereocenters. The third-order valence-corrected chi connectivity index (χ3v) is 3.66. The Kier molecular flexibility index (Phi) is 6.40. The number of carbonyl (C=O) groups is 2. The Morgan fingerprint density at radius 2 is 1.92 bits per heavy atom. The number of benzene rings is 1. The normalized spacial score (nSPS) is 15.2. The fourth-order valence-corrected chi connectivity index (χ4v) is 2.40. The summed E-state index contributed by atoms with van der Waals surface area (Å²) in [5.74, 6) is -0.114. The van der Waals surface area contributed by atoms with Gasteiger partial charge in [-0.2, -0.15) is 0 Å². The predicted octanol–water partition coefficient (Wildman–Crippen LogP) is 3.16. The van der Waals surface area contributed by atoms with E-state index in [-0.39, 0.29) is 18.0 Å². The van der Waals surface area contributed by atoms with E-state index in [0.29, 0.717) is 44.9 Å². The van der Waals surface area contributed by atoms with Gasteiger partial charge in [-0.3, -0.25) is 0 Å². The third-order valence-electron chi connectivity index (χ3n) is 3.66. The fourth-order valence-electron chi connectivity index (χ4n) is 2.40. The molecule has 1 N–H and O–H groups in total. The number of carbonyl (C=O) groups excluding carboxylic acids is 2. The SMILES string of the molecule is CC(C)COC(=O)N1CCCN(C(=O)Nc2cccc(F)c2)CC1. The molecule has 0 spiro atoms. The summed E-state index contributed by atoms with van der Waals surface area (Å²) < 4.78 is 18.4. The second kappa shape index (κ2) is 8.52. The Bertz CT molecular complexity index is 580. The zero-order valence-electron chi connectivity index (χ0n) is 14.1. The zero-order chi connectivity index (χ0) is 17.5. The summed E-state index contributed by atoms with van der Waals surface area (Å²) in [6.45, 7) is 6.28. The molecule has 6 nitrogen and oxygen atoms in total. The largest absolute Gasteiger partial charge is 0.449 e. The van der Waals surface area contributed by atoms with Crippen LogP contribution in [-0.2, 0) is 4.74 Å². The molecule has 0 aliphatic carbocycles. The molecule has 0 radical (unpaired) electrons. The van der Waals surface area contributed by atoms with Crippen molar-refractivity contribution < 1.29 is 18.7 Å². The number of halogens is 1. The molecule has 3 amide bonds. The standard InChI is InChI=1S/C17H24FN3O3/c1-13(2)12-24-17(23)21-8-4-7-20(9-10-21)16(22)19-15-6-3-5-14(18)11-15/h3,5-6,11,13H,4,7-10,12H2,1-2H3,(H,19,22). The van der Waals surface area contributed by atoms with Crippen LogP contribution in [-0.4, -0.2) is 54.7 Å². The lowest BCUT2D eigenvalue weighted by Crippen LogP contribution is -2.39. The predicted molar refractivity (Wildman–Crippen MR) is 89.4 cm³/mol. The highest BCUT2D eigenvalue weighted by Crippen LogP contribution is 2.12. The Morgan fingerprint density at radius 3 is 2.62 bits per heavy atom. The van der Waals surface area contributed by atoms with E-state index in [9.17, 15) is 14.0 Å². The summed E-state index contributed by atoms with van der Waals surface area (Å²) in [5, 5.41) is 2.68. The lowest BCUT2D eigenvalue weighted by atomic mass is 10.2. The van der Waals surface area contributed by atoms with Crippen LogP contribution in [0.15, 0.2) is 24.3 Å². The number of hydrogen-bond donors (Lipinski definition) is 1. The maximum absolute atomic E-state index is 13.2. The Morgan fingerprint density at radius 1 is 1.21 bits per heavy atom. The highest BCUT2D eigenvalue weighted by molar-refractivity contribution is 5.89. The molecular formula is C17H24FN3O3. The van der Waals surface area contributed by atoms with Gasteiger partial charge in [-0.15, -0.1) is 0 Å². The maximum Gasteiger partial charge on any atom is 0.409 e. The number of nitrogens with zero attached hydrogens (tertiary/aromatic N) is 2. The molecule has 1 fully saturated rings. The van der Waals surface area contributed by atoms with E-state index in [0.717, 1.165) is 0 Å². The minimum Gasteiger partial charge on any atom is -0.449 e. The monoisotopic (exact) mass is 337 g/mol. The van der Waals surface area contributed by atoms with Gasteiger partial charge in [0.25, 0.3) is 0 Å². The van der Waals surface area contributed by atoms with E-state index in [4.69, 9.17) is 4.74 Å². The van der Waals surface area contributed by atoms with Crippen molar-refractivity contribution in [2.24, 2.45) is 5.92 Å². The number of amides is 3. The first-order chi connectivity index (χ1) is 11.5. The first-order valence-electron chi connectivity index (χ1n) is 8.19. The molecule has 1 aliphatic heterocycles. The van der Waals surface area contributed by atoms with Gasteiger partial charge in [0, 0.05) is 31.9 Å². The number of rotatable bonds is 3. The average molecular weight is 337 g/mol. The first kappa shape index (κ1) is 18.0. The molecular weight excluding hydrogens is 313 g/mol. The van der Waals surface area contributed by atoms with E-state index in [2.05, 4.69) is 5.32 Å². The molecule has 0 bridgehead atoms. The quantitative estimate of drug-likeness (QED) is 0.921. The van der Waals surface area contributed by atoms with Crippen molar-refractivity contribution >= 4 is 17.8 Å². The molecule has 1 aromatic rings. The van der Waals surface area contributed by atoms with E-state index in [1.165, 1.54) is 12.1 Å². The summed E-state index contributed by atoms with van der Waals surface area (Å²) in [6.07, 6.45) is 0.337. The fraction of sp³-hybridized carbons (Fsp3) is 0.529. The summed E-state index contributed by atoms with van der Waals surface area (Å²) in [7, 11) is 0. The van der Waals surface area contributed by atoms with Crippen LogP contribution < -0.4 is 5.32 Å². The molecule has 1 aromatic carbocycles. The van der Waals surface area contributed by atoms with E-state index < -0.39 is 5.82 Å². The number of ether oxygens (including phenoxy) is 1. The van der Waals surface area contributed by atoms with E-state index >= 15 is 0 Å². The van der Waals surface area contributed by atoms with Crippen LogP contribution in [0.2, 0.25) is 0 Å². The molecule has 0 saturated carbocycles. The minimum atomic E-state index is -0.400. The van der Waals surface area contributed by atoms with Gasteiger partial charge in [0.1, 0.15) is 5.82 Å². The van der Waals surface area contributed by atoms with E-state index in [1.807, 2.05) is 13.8 Å². The third kappa shape index (κ3) is 5.40. The smallest absolute Gasteiger partial charge is 0.409 e. The van der Waals surface area contributed by atoms with Crippen LogP contribution in [0.4, 0.5) is 19.7 Å². The first-order valence-corrected chi connectivity index (χ1v) is 8.19. The Balaban J connectivity index is 1.85. The molecule has 1 aliphatic rings. The molecule has 1 heterocycles. The highest BCUT2D eigenvalue weighted by atomic mass is 19.1.